The molecule has 0 atom stereocenters. The Morgan fingerprint density at radius 3 is 2.67 bits per heavy atom. The Bertz CT molecular complexity index is 555. The molecule has 18 heavy (non-hydrogen) atoms. The van der Waals surface area contributed by atoms with Gasteiger partial charge in [-0.15, -0.1) is 0 Å². The van der Waals surface area contributed by atoms with Crippen molar-refractivity contribution in [2.24, 2.45) is 0 Å². The standard InChI is InChI=1S/C12H16N4O2/c1-12(5-17,6-18)16-11-9-4-8(13)2-3-10(9)14-7-15-11/h2-4,7,17-18H,5-6,13H2,1H3,(H,14,15,16). The van der Waals surface area contributed by atoms with E-state index in [1.165, 1.54) is 6.33 Å². The van der Waals surface area contributed by atoms with Crippen LogP contribution in [0.15, 0.2) is 24.5 Å². The van der Waals surface area contributed by atoms with E-state index in [0.717, 1.165) is 10.9 Å². The molecule has 6 heteroatoms. The molecule has 2 aromatic rings. The van der Waals surface area contributed by atoms with Gasteiger partial charge in [0.1, 0.15) is 12.1 Å². The van der Waals surface area contributed by atoms with Crippen molar-refractivity contribution in [3.05, 3.63) is 24.5 Å². The molecule has 0 amide bonds. The van der Waals surface area contributed by atoms with Gasteiger partial charge < -0.3 is 21.3 Å². The number of nitrogens with zero attached hydrogens (tertiary/aromatic N) is 2. The Morgan fingerprint density at radius 2 is 2.00 bits per heavy atom. The van der Waals surface area contributed by atoms with Gasteiger partial charge in [-0.05, 0) is 25.1 Å². The lowest BCUT2D eigenvalue weighted by Crippen LogP contribution is -2.42. The number of aliphatic hydroxyl groups excluding tert-OH is 2. The second-order valence-electron chi connectivity index (χ2n) is 4.50. The molecular formula is C12H16N4O2. The lowest BCUT2D eigenvalue weighted by atomic mass is 10.1. The van der Waals surface area contributed by atoms with Crippen molar-refractivity contribution in [3.63, 3.8) is 0 Å². The number of nitrogen functional groups attached to an aromatic ring is 1. The van der Waals surface area contributed by atoms with Crippen LogP contribution in [0.2, 0.25) is 0 Å². The Labute approximate surface area is 104 Å². The van der Waals surface area contributed by atoms with Gasteiger partial charge >= 0.3 is 0 Å². The molecule has 6 nitrogen and oxygen atoms in total. The van der Waals surface area contributed by atoms with Crippen molar-refractivity contribution in [3.8, 4) is 0 Å². The molecule has 0 spiro atoms. The maximum Gasteiger partial charge on any atom is 0.137 e. The molecular weight excluding hydrogens is 232 g/mol. The maximum absolute atomic E-state index is 9.28. The summed E-state index contributed by atoms with van der Waals surface area (Å²) in [6.07, 6.45) is 1.43. The van der Waals surface area contributed by atoms with Gasteiger partial charge in [0, 0.05) is 11.1 Å². The highest BCUT2D eigenvalue weighted by Gasteiger charge is 2.23. The molecule has 1 heterocycles. The highest BCUT2D eigenvalue weighted by atomic mass is 16.3. The smallest absolute Gasteiger partial charge is 0.137 e. The fraction of sp³-hybridized carbons (Fsp3) is 0.333. The van der Waals surface area contributed by atoms with E-state index in [4.69, 9.17) is 5.73 Å². The molecule has 0 unspecified atom stereocenters. The van der Waals surface area contributed by atoms with E-state index in [2.05, 4.69) is 15.3 Å². The second kappa shape index (κ2) is 4.75. The average molecular weight is 248 g/mol. The number of hydrogen-bond donors (Lipinski definition) is 4. The molecule has 0 saturated carbocycles. The number of aromatic nitrogens is 2. The summed E-state index contributed by atoms with van der Waals surface area (Å²) in [6.45, 7) is 1.28. The maximum atomic E-state index is 9.28. The fourth-order valence-electron chi connectivity index (χ4n) is 1.59. The molecule has 5 N–H and O–H groups in total. The van der Waals surface area contributed by atoms with Crippen LogP contribution in [0.25, 0.3) is 10.9 Å². The summed E-state index contributed by atoms with van der Waals surface area (Å²) in [5.74, 6) is 0.540. The topological polar surface area (TPSA) is 104 Å². The largest absolute Gasteiger partial charge is 0.399 e. The zero-order valence-electron chi connectivity index (χ0n) is 10.1. The molecule has 0 bridgehead atoms. The van der Waals surface area contributed by atoms with Crippen LogP contribution < -0.4 is 11.1 Å². The fourth-order valence-corrected chi connectivity index (χ4v) is 1.59. The first-order valence-electron chi connectivity index (χ1n) is 5.58. The molecule has 1 aromatic carbocycles. The first-order valence-corrected chi connectivity index (χ1v) is 5.58. The highest BCUT2D eigenvalue weighted by molar-refractivity contribution is 5.91. The zero-order chi connectivity index (χ0) is 13.2. The summed E-state index contributed by atoms with van der Waals surface area (Å²) >= 11 is 0. The van der Waals surface area contributed by atoms with E-state index in [9.17, 15) is 10.2 Å². The van der Waals surface area contributed by atoms with Crippen molar-refractivity contribution < 1.29 is 10.2 Å². The predicted molar refractivity (Wildman–Crippen MR) is 70.1 cm³/mol. The second-order valence-corrected chi connectivity index (χ2v) is 4.50. The third-order valence-corrected chi connectivity index (χ3v) is 2.78. The van der Waals surface area contributed by atoms with Crippen molar-refractivity contribution >= 4 is 22.4 Å². The minimum Gasteiger partial charge on any atom is -0.399 e. The van der Waals surface area contributed by atoms with Gasteiger partial charge in [-0.2, -0.15) is 0 Å². The third kappa shape index (κ3) is 2.34. The first kappa shape index (κ1) is 12.5. The van der Waals surface area contributed by atoms with E-state index in [1.54, 1.807) is 25.1 Å². The normalized spacial score (nSPS) is 11.7. The molecule has 0 aliphatic carbocycles. The molecule has 96 valence electrons. The van der Waals surface area contributed by atoms with E-state index in [0.29, 0.717) is 11.5 Å². The van der Waals surface area contributed by atoms with Crippen molar-refractivity contribution in [2.45, 2.75) is 12.5 Å². The van der Waals surface area contributed by atoms with Crippen LogP contribution in [0, 0.1) is 0 Å². The number of aliphatic hydroxyl groups is 2. The number of anilines is 2. The van der Waals surface area contributed by atoms with Crippen molar-refractivity contribution in [1.29, 1.82) is 0 Å². The lowest BCUT2D eigenvalue weighted by molar-refractivity contribution is 0.147. The minimum absolute atomic E-state index is 0.211. The number of fused-ring (bicyclic) bond motifs is 1. The number of nitrogens with two attached hydrogens (primary N) is 1. The van der Waals surface area contributed by atoms with Gasteiger partial charge in [-0.25, -0.2) is 9.97 Å². The van der Waals surface area contributed by atoms with Crippen LogP contribution in [0.1, 0.15) is 6.92 Å². The highest BCUT2D eigenvalue weighted by Crippen LogP contribution is 2.24. The number of nitrogens with one attached hydrogen (secondary N) is 1. The summed E-state index contributed by atoms with van der Waals surface area (Å²) in [7, 11) is 0. The summed E-state index contributed by atoms with van der Waals surface area (Å²) in [6, 6.07) is 5.32. The average Bonchev–Trinajstić information content (AvgIpc) is 2.39. The summed E-state index contributed by atoms with van der Waals surface area (Å²) in [4.78, 5) is 8.26. The van der Waals surface area contributed by atoms with Gasteiger partial charge in [0.05, 0.1) is 24.3 Å². The SMILES string of the molecule is CC(CO)(CO)Nc1ncnc2ccc(N)cc12. The molecule has 0 aliphatic heterocycles. The molecule has 2 rings (SSSR count). The van der Waals surface area contributed by atoms with E-state index >= 15 is 0 Å². The van der Waals surface area contributed by atoms with Gasteiger partial charge in [0.15, 0.2) is 0 Å². The molecule has 0 fully saturated rings. The Kier molecular flexibility index (Phi) is 3.31. The number of benzene rings is 1. The van der Waals surface area contributed by atoms with Crippen LogP contribution in [0.4, 0.5) is 11.5 Å². The van der Waals surface area contributed by atoms with E-state index in [1.807, 2.05) is 0 Å². The monoisotopic (exact) mass is 248 g/mol. The number of rotatable bonds is 4. The molecule has 0 radical (unpaired) electrons. The van der Waals surface area contributed by atoms with E-state index in [-0.39, 0.29) is 13.2 Å². The summed E-state index contributed by atoms with van der Waals surface area (Å²) in [5.41, 5.74) is 6.25. The molecule has 1 aromatic heterocycles. The van der Waals surface area contributed by atoms with Crippen LogP contribution in [-0.4, -0.2) is 38.9 Å². The zero-order valence-corrected chi connectivity index (χ0v) is 10.1. The van der Waals surface area contributed by atoms with Crippen LogP contribution in [0.5, 0.6) is 0 Å². The summed E-state index contributed by atoms with van der Waals surface area (Å²) < 4.78 is 0. The van der Waals surface area contributed by atoms with Crippen LogP contribution >= 0.6 is 0 Å². The summed E-state index contributed by atoms with van der Waals surface area (Å²) in [5, 5.41) is 22.3. The van der Waals surface area contributed by atoms with Gasteiger partial charge in [0.2, 0.25) is 0 Å². The quantitative estimate of drug-likeness (QED) is 0.583. The van der Waals surface area contributed by atoms with Crippen LogP contribution in [0.3, 0.4) is 0 Å². The van der Waals surface area contributed by atoms with Crippen molar-refractivity contribution in [2.75, 3.05) is 24.3 Å². The minimum atomic E-state index is -0.841. The Hall–Kier alpha value is -1.92. The first-order chi connectivity index (χ1) is 8.58. The van der Waals surface area contributed by atoms with Gasteiger partial charge in [-0.1, -0.05) is 0 Å². The number of hydrogen-bond acceptors (Lipinski definition) is 6. The predicted octanol–water partition coefficient (Wildman–Crippen LogP) is 0.367. The third-order valence-electron chi connectivity index (χ3n) is 2.78. The van der Waals surface area contributed by atoms with Crippen molar-refractivity contribution in [1.82, 2.24) is 9.97 Å². The lowest BCUT2D eigenvalue weighted by Gasteiger charge is -2.27. The van der Waals surface area contributed by atoms with Gasteiger partial charge in [-0.3, -0.25) is 0 Å². The van der Waals surface area contributed by atoms with Crippen LogP contribution in [-0.2, 0) is 0 Å². The molecule has 0 saturated heterocycles. The Balaban J connectivity index is 2.47. The Morgan fingerprint density at radius 1 is 1.28 bits per heavy atom. The van der Waals surface area contributed by atoms with Gasteiger partial charge in [0.25, 0.3) is 0 Å². The van der Waals surface area contributed by atoms with E-state index < -0.39 is 5.54 Å². The molecule has 0 aliphatic rings.